The maximum Gasteiger partial charge on any atom is 1.00 e. The Bertz CT molecular complexity index is 15.5. The van der Waals surface area contributed by atoms with Crippen molar-refractivity contribution in [2.45, 2.75) is 0 Å². The monoisotopic (exact) mass is 136 g/mol. The average molecular weight is 137 g/mol. The van der Waals surface area contributed by atoms with Gasteiger partial charge in [-0.15, -0.1) is 0 Å². The quantitative estimate of drug-likeness (QED) is 0.272. The van der Waals surface area contributed by atoms with Crippen LogP contribution in [0.4, 0.5) is 0 Å². The molecule has 0 saturated heterocycles. The van der Waals surface area contributed by atoms with Gasteiger partial charge in [-0.1, -0.05) is 0 Å². The minimum absolute atomic E-state index is 0. The van der Waals surface area contributed by atoms with Crippen LogP contribution in [-0.2, 0) is 0 Å². The third-order valence-electron chi connectivity index (χ3n) is 0.1000. The summed E-state index contributed by atoms with van der Waals surface area (Å²) in [7, 11) is 0. The second kappa shape index (κ2) is 16.0. The molecule has 34 valence electrons. The molecule has 0 amide bonds. The van der Waals surface area contributed by atoms with Gasteiger partial charge in [-0.2, -0.15) is 12.6 Å². The molecule has 0 radical (unpaired) electrons. The normalized spacial score (nSPS) is 5.00. The van der Waals surface area contributed by atoms with E-state index in [0.29, 0.717) is 5.75 Å². The van der Waals surface area contributed by atoms with Crippen LogP contribution in [0.15, 0.2) is 0 Å². The molecule has 0 heterocycles. The summed E-state index contributed by atoms with van der Waals surface area (Å²) in [6.45, 7) is 0.184. The van der Waals surface area contributed by atoms with Gasteiger partial charge in [0.05, 0.1) is 6.61 Å². The Kier molecular flexibility index (Phi) is 41.6. The molecular formula is C2H6ClNaOS. The average Bonchev–Trinajstić information content (AvgIpc) is 1.37. The summed E-state index contributed by atoms with van der Waals surface area (Å²) in [5.41, 5.74) is 0. The molecule has 1 N–H and O–H groups in total. The van der Waals surface area contributed by atoms with Gasteiger partial charge in [0, 0.05) is 5.75 Å². The Balaban J connectivity index is -0.0000000450. The molecule has 0 aromatic heterocycles. The summed E-state index contributed by atoms with van der Waals surface area (Å²) in [5.74, 6) is 0.569. The van der Waals surface area contributed by atoms with Gasteiger partial charge in [0.15, 0.2) is 0 Å². The first kappa shape index (κ1) is 15.6. The molecule has 0 rings (SSSR count). The summed E-state index contributed by atoms with van der Waals surface area (Å²) in [4.78, 5) is 0. The Morgan fingerprint density at radius 3 is 1.67 bits per heavy atom. The first-order valence-electron chi connectivity index (χ1n) is 1.13. The van der Waals surface area contributed by atoms with Gasteiger partial charge in [-0.05, 0) is 0 Å². The zero-order chi connectivity index (χ0) is 3.41. The van der Waals surface area contributed by atoms with E-state index >= 15 is 0 Å². The standard InChI is InChI=1S/C2H6OS.ClH.Na/c3-1-2-4;;/h3-4H,1-2H2;1H;/q;;+1/p-1. The van der Waals surface area contributed by atoms with Crippen molar-refractivity contribution in [1.82, 2.24) is 0 Å². The maximum atomic E-state index is 7.80. The number of aliphatic hydroxyl groups is 1. The van der Waals surface area contributed by atoms with Crippen LogP contribution < -0.4 is 42.0 Å². The maximum absolute atomic E-state index is 7.80. The molecule has 0 bridgehead atoms. The smallest absolute Gasteiger partial charge is 1.00 e. The molecule has 0 aromatic carbocycles. The zero-order valence-corrected chi connectivity index (χ0v) is 7.34. The van der Waals surface area contributed by atoms with Crippen LogP contribution in [0.2, 0.25) is 0 Å². The number of thiol groups is 1. The minimum Gasteiger partial charge on any atom is -1.00 e. The van der Waals surface area contributed by atoms with E-state index in [1.165, 1.54) is 0 Å². The fourth-order valence-electron chi connectivity index (χ4n) is 0. The number of aliphatic hydroxyl groups excluding tert-OH is 1. The summed E-state index contributed by atoms with van der Waals surface area (Å²) in [5, 5.41) is 7.80. The largest absolute Gasteiger partial charge is 1.00 e. The zero-order valence-electron chi connectivity index (χ0n) is 3.69. The van der Waals surface area contributed by atoms with Gasteiger partial charge in [0.2, 0.25) is 0 Å². The van der Waals surface area contributed by atoms with Gasteiger partial charge in [0.1, 0.15) is 0 Å². The van der Waals surface area contributed by atoms with Crippen molar-refractivity contribution >= 4 is 12.6 Å². The second-order valence-corrected chi connectivity index (χ2v) is 0.894. The molecule has 0 aromatic rings. The first-order chi connectivity index (χ1) is 1.91. The predicted molar refractivity (Wildman–Crippen MR) is 20.9 cm³/mol. The number of rotatable bonds is 1. The van der Waals surface area contributed by atoms with Crippen LogP contribution in [0, 0.1) is 0 Å². The summed E-state index contributed by atoms with van der Waals surface area (Å²) < 4.78 is 0. The molecule has 0 atom stereocenters. The summed E-state index contributed by atoms with van der Waals surface area (Å²) >= 11 is 3.67. The van der Waals surface area contributed by atoms with Crippen LogP contribution in [0.5, 0.6) is 0 Å². The van der Waals surface area contributed by atoms with Crippen LogP contribution in [-0.4, -0.2) is 17.5 Å². The summed E-state index contributed by atoms with van der Waals surface area (Å²) in [6.07, 6.45) is 0. The molecule has 4 heteroatoms. The fourth-order valence-corrected chi connectivity index (χ4v) is 0. The summed E-state index contributed by atoms with van der Waals surface area (Å²) in [6, 6.07) is 0. The SMILES string of the molecule is OCCS.[Cl-].[Na+]. The van der Waals surface area contributed by atoms with Crippen molar-refractivity contribution in [2.24, 2.45) is 0 Å². The van der Waals surface area contributed by atoms with Gasteiger partial charge < -0.3 is 17.5 Å². The van der Waals surface area contributed by atoms with Crippen LogP contribution in [0.3, 0.4) is 0 Å². The van der Waals surface area contributed by atoms with Crippen molar-refractivity contribution < 1.29 is 47.1 Å². The van der Waals surface area contributed by atoms with Gasteiger partial charge in [-0.3, -0.25) is 0 Å². The van der Waals surface area contributed by atoms with Crippen molar-refractivity contribution in [3.63, 3.8) is 0 Å². The van der Waals surface area contributed by atoms with E-state index in [-0.39, 0.29) is 48.6 Å². The van der Waals surface area contributed by atoms with E-state index in [1.54, 1.807) is 0 Å². The fraction of sp³-hybridized carbons (Fsp3) is 1.00. The van der Waals surface area contributed by atoms with E-state index in [1.807, 2.05) is 0 Å². The van der Waals surface area contributed by atoms with Crippen LogP contribution in [0.1, 0.15) is 0 Å². The minimum atomic E-state index is 0. The topological polar surface area (TPSA) is 20.2 Å². The van der Waals surface area contributed by atoms with Crippen molar-refractivity contribution in [3.8, 4) is 0 Å². The third-order valence-corrected chi connectivity index (χ3v) is 0.300. The molecule has 0 fully saturated rings. The second-order valence-electron chi connectivity index (χ2n) is 0.447. The Morgan fingerprint density at radius 1 is 1.50 bits per heavy atom. The Hall–Kier alpha value is 1.60. The molecule has 0 aliphatic carbocycles. The molecule has 0 unspecified atom stereocenters. The van der Waals surface area contributed by atoms with Gasteiger partial charge in [0.25, 0.3) is 0 Å². The van der Waals surface area contributed by atoms with E-state index in [9.17, 15) is 0 Å². The molecule has 0 aliphatic rings. The van der Waals surface area contributed by atoms with E-state index in [4.69, 9.17) is 5.11 Å². The van der Waals surface area contributed by atoms with Gasteiger partial charge >= 0.3 is 29.6 Å². The first-order valence-corrected chi connectivity index (χ1v) is 1.76. The van der Waals surface area contributed by atoms with Crippen molar-refractivity contribution in [2.75, 3.05) is 12.4 Å². The van der Waals surface area contributed by atoms with Crippen LogP contribution >= 0.6 is 12.6 Å². The molecule has 1 nitrogen and oxygen atoms in total. The Morgan fingerprint density at radius 2 is 1.67 bits per heavy atom. The molecule has 0 saturated carbocycles. The Labute approximate surface area is 71.6 Å². The number of hydrogen-bond donors (Lipinski definition) is 2. The van der Waals surface area contributed by atoms with Crippen molar-refractivity contribution in [3.05, 3.63) is 0 Å². The predicted octanol–water partition coefficient (Wildman–Crippen LogP) is -6.08. The number of halogens is 1. The van der Waals surface area contributed by atoms with E-state index in [2.05, 4.69) is 12.6 Å². The molecular weight excluding hydrogens is 131 g/mol. The molecule has 0 aliphatic heterocycles. The van der Waals surface area contributed by atoms with Crippen LogP contribution in [0.25, 0.3) is 0 Å². The van der Waals surface area contributed by atoms with Gasteiger partial charge in [-0.25, -0.2) is 0 Å². The molecule has 0 spiro atoms. The van der Waals surface area contributed by atoms with E-state index < -0.39 is 0 Å². The number of hydrogen-bond acceptors (Lipinski definition) is 2. The third kappa shape index (κ3) is 17.5. The molecule has 6 heavy (non-hydrogen) atoms. The van der Waals surface area contributed by atoms with Crippen molar-refractivity contribution in [1.29, 1.82) is 0 Å². The van der Waals surface area contributed by atoms with E-state index in [0.717, 1.165) is 0 Å².